The van der Waals surface area contributed by atoms with Gasteiger partial charge >= 0.3 is 0 Å². The van der Waals surface area contributed by atoms with Crippen LogP contribution in [0.3, 0.4) is 0 Å². The molecule has 0 bridgehead atoms. The summed E-state index contributed by atoms with van der Waals surface area (Å²) in [6.45, 7) is 16.1. The Morgan fingerprint density at radius 2 is 1.82 bits per heavy atom. The number of aliphatic hydroxyl groups is 1. The molecule has 3 aliphatic heterocycles. The molecular weight excluding hydrogens is 486 g/mol. The number of guanidine groups is 2. The number of nitrogens with two attached hydrogens (primary N) is 1. The van der Waals surface area contributed by atoms with Crippen LogP contribution in [-0.2, 0) is 6.42 Å². The molecule has 0 aliphatic carbocycles. The second-order valence-corrected chi connectivity index (χ2v) is 12.8. The van der Waals surface area contributed by atoms with Crippen molar-refractivity contribution in [1.29, 1.82) is 5.41 Å². The molecule has 0 radical (unpaired) electrons. The van der Waals surface area contributed by atoms with Gasteiger partial charge in [0.05, 0.1) is 24.7 Å². The zero-order valence-electron chi connectivity index (χ0n) is 25.0. The molecule has 2 saturated heterocycles. The molecule has 0 amide bonds. The van der Waals surface area contributed by atoms with Crippen molar-refractivity contribution in [2.24, 2.45) is 22.6 Å². The minimum Gasteiger partial charge on any atom is -0.391 e. The van der Waals surface area contributed by atoms with E-state index >= 15 is 0 Å². The van der Waals surface area contributed by atoms with Gasteiger partial charge in [0.15, 0.2) is 11.9 Å². The maximum atomic E-state index is 10.7. The highest BCUT2D eigenvalue weighted by molar-refractivity contribution is 5.80. The highest BCUT2D eigenvalue weighted by atomic mass is 16.3. The quantitative estimate of drug-likeness (QED) is 0.355. The number of rotatable bonds is 13. The molecule has 218 valence electrons. The predicted molar refractivity (Wildman–Crippen MR) is 161 cm³/mol. The Balaban J connectivity index is 1.52. The van der Waals surface area contributed by atoms with E-state index in [-0.39, 0.29) is 12.1 Å². The maximum absolute atomic E-state index is 10.7. The number of hydrogen-bond donors (Lipinski definition) is 3. The molecular formula is C31H53N7O. The summed E-state index contributed by atoms with van der Waals surface area (Å²) >= 11 is 0. The monoisotopic (exact) mass is 539 g/mol. The minimum absolute atomic E-state index is 0.0373. The Morgan fingerprint density at radius 1 is 1.08 bits per heavy atom. The number of likely N-dealkylation sites (tertiary alicyclic amines) is 1. The Bertz CT molecular complexity index is 950. The van der Waals surface area contributed by atoms with E-state index in [2.05, 4.69) is 82.6 Å². The Hall–Kier alpha value is -2.32. The summed E-state index contributed by atoms with van der Waals surface area (Å²) in [5, 5.41) is 20.0. The van der Waals surface area contributed by atoms with Crippen molar-refractivity contribution < 1.29 is 5.11 Å². The second-order valence-electron chi connectivity index (χ2n) is 12.8. The van der Waals surface area contributed by atoms with Crippen LogP contribution in [0.4, 0.5) is 0 Å². The Morgan fingerprint density at radius 3 is 2.49 bits per heavy atom. The first-order valence-corrected chi connectivity index (χ1v) is 15.3. The first-order chi connectivity index (χ1) is 18.7. The molecule has 1 aromatic rings. The van der Waals surface area contributed by atoms with Crippen LogP contribution in [0.2, 0.25) is 0 Å². The summed E-state index contributed by atoms with van der Waals surface area (Å²) in [7, 11) is 0. The molecule has 5 atom stereocenters. The first-order valence-electron chi connectivity index (χ1n) is 15.3. The fraction of sp³-hybridized carbons (Fsp3) is 0.742. The number of benzene rings is 1. The fourth-order valence-corrected chi connectivity index (χ4v) is 6.73. The molecule has 0 spiro atoms. The van der Waals surface area contributed by atoms with Crippen LogP contribution in [0.5, 0.6) is 0 Å². The van der Waals surface area contributed by atoms with Crippen LogP contribution >= 0.6 is 0 Å². The third kappa shape index (κ3) is 7.26. The number of aliphatic hydroxyl groups excluding tert-OH is 1. The van der Waals surface area contributed by atoms with Crippen molar-refractivity contribution in [1.82, 2.24) is 19.6 Å². The number of hydrogen-bond acceptors (Lipinski definition) is 6. The van der Waals surface area contributed by atoms with Crippen LogP contribution in [0.15, 0.2) is 35.3 Å². The standard InChI is InChI=1S/C31H53N7O/c1-22(2)11-9-16-36-29(24(5)39)21-37(31(36)33)27(17-25-12-7-6-8-13-25)19-35-15-10-14-26(35)20-38-28(23(3)4)18-34-30(38)32/h6-8,12-13,22-24,26-29,33,39H,9-11,14-21H2,1-5H3,(H2,32,34)/t24-,26-,27+,28-,29-/m0/s1. The molecule has 8 nitrogen and oxygen atoms in total. The summed E-state index contributed by atoms with van der Waals surface area (Å²) in [6.07, 6.45) is 4.96. The van der Waals surface area contributed by atoms with E-state index < -0.39 is 6.10 Å². The average Bonchev–Trinajstić information content (AvgIpc) is 3.58. The van der Waals surface area contributed by atoms with Gasteiger partial charge in [-0.05, 0) is 63.0 Å². The SMILES string of the molecule is CC(C)CCCN1C(=N)N([C@H](Cc2ccccc2)CN2CCC[C@H]2CN2C(N)=NC[C@H]2C(C)C)C[C@H]1[C@H](C)O. The fourth-order valence-electron chi connectivity index (χ4n) is 6.73. The average molecular weight is 540 g/mol. The lowest BCUT2D eigenvalue weighted by atomic mass is 10.0. The summed E-state index contributed by atoms with van der Waals surface area (Å²) in [5.41, 5.74) is 7.66. The maximum Gasteiger partial charge on any atom is 0.194 e. The molecule has 3 aliphatic rings. The minimum atomic E-state index is -0.475. The predicted octanol–water partition coefficient (Wildman–Crippen LogP) is 3.45. The third-order valence-electron chi connectivity index (χ3n) is 9.08. The highest BCUT2D eigenvalue weighted by Gasteiger charge is 2.42. The Kier molecular flexibility index (Phi) is 10.2. The van der Waals surface area contributed by atoms with Crippen molar-refractivity contribution in [3.63, 3.8) is 0 Å². The van der Waals surface area contributed by atoms with Gasteiger partial charge in [0.25, 0.3) is 0 Å². The van der Waals surface area contributed by atoms with Crippen LogP contribution in [0.1, 0.15) is 65.9 Å². The molecule has 0 unspecified atom stereocenters. The lowest BCUT2D eigenvalue weighted by Gasteiger charge is -2.38. The van der Waals surface area contributed by atoms with Gasteiger partial charge in [-0.25, -0.2) is 0 Å². The van der Waals surface area contributed by atoms with Crippen LogP contribution in [-0.4, -0.2) is 106 Å². The molecule has 39 heavy (non-hydrogen) atoms. The topological polar surface area (TPSA) is 95.4 Å². The van der Waals surface area contributed by atoms with Gasteiger partial charge < -0.3 is 25.5 Å². The van der Waals surface area contributed by atoms with Gasteiger partial charge in [-0.2, -0.15) is 0 Å². The molecule has 3 heterocycles. The van der Waals surface area contributed by atoms with Crippen LogP contribution in [0, 0.1) is 17.2 Å². The van der Waals surface area contributed by atoms with E-state index in [0.717, 1.165) is 52.0 Å². The molecule has 4 N–H and O–H groups in total. The van der Waals surface area contributed by atoms with Crippen molar-refractivity contribution in [2.45, 2.75) is 97.0 Å². The summed E-state index contributed by atoms with van der Waals surface area (Å²) < 4.78 is 0. The van der Waals surface area contributed by atoms with Gasteiger partial charge in [-0.3, -0.25) is 15.3 Å². The lowest BCUT2D eigenvalue weighted by molar-refractivity contribution is 0.103. The Labute approximate surface area is 236 Å². The van der Waals surface area contributed by atoms with E-state index in [1.54, 1.807) is 0 Å². The van der Waals surface area contributed by atoms with Crippen molar-refractivity contribution >= 4 is 11.9 Å². The first kappa shape index (κ1) is 29.7. The van der Waals surface area contributed by atoms with Crippen molar-refractivity contribution in [3.8, 4) is 0 Å². The normalized spacial score (nSPS) is 25.8. The van der Waals surface area contributed by atoms with Crippen molar-refractivity contribution in [3.05, 3.63) is 35.9 Å². The lowest BCUT2D eigenvalue weighted by Crippen LogP contribution is -2.53. The third-order valence-corrected chi connectivity index (χ3v) is 9.08. The zero-order valence-corrected chi connectivity index (χ0v) is 25.0. The summed E-state index contributed by atoms with van der Waals surface area (Å²) in [4.78, 5) is 14.0. The van der Waals surface area contributed by atoms with Crippen molar-refractivity contribution in [2.75, 3.05) is 39.3 Å². The molecule has 4 rings (SSSR count). The number of nitrogens with one attached hydrogen (secondary N) is 1. The number of nitrogens with zero attached hydrogens (tertiary/aromatic N) is 5. The van der Waals surface area contributed by atoms with Gasteiger partial charge in [0.2, 0.25) is 0 Å². The second kappa shape index (κ2) is 13.4. The van der Waals surface area contributed by atoms with Gasteiger partial charge in [-0.1, -0.05) is 58.0 Å². The summed E-state index contributed by atoms with van der Waals surface area (Å²) in [6, 6.07) is 11.6. The highest BCUT2D eigenvalue weighted by Crippen LogP contribution is 2.28. The van der Waals surface area contributed by atoms with Crippen LogP contribution < -0.4 is 5.73 Å². The largest absolute Gasteiger partial charge is 0.391 e. The zero-order chi connectivity index (χ0) is 28.1. The molecule has 0 saturated carbocycles. The smallest absolute Gasteiger partial charge is 0.194 e. The van der Waals surface area contributed by atoms with E-state index in [0.29, 0.717) is 42.4 Å². The molecule has 8 heteroatoms. The van der Waals surface area contributed by atoms with E-state index in [9.17, 15) is 10.5 Å². The molecule has 2 fully saturated rings. The summed E-state index contributed by atoms with van der Waals surface area (Å²) in [5.74, 6) is 2.43. The van der Waals surface area contributed by atoms with Gasteiger partial charge in [-0.15, -0.1) is 0 Å². The van der Waals surface area contributed by atoms with E-state index in [1.807, 2.05) is 6.92 Å². The van der Waals surface area contributed by atoms with E-state index in [4.69, 9.17) is 5.73 Å². The molecule has 1 aromatic carbocycles. The van der Waals surface area contributed by atoms with E-state index in [1.165, 1.54) is 18.4 Å². The van der Waals surface area contributed by atoms with Gasteiger partial charge in [0, 0.05) is 38.3 Å². The van der Waals surface area contributed by atoms with Crippen LogP contribution in [0.25, 0.3) is 0 Å². The molecule has 0 aromatic heterocycles. The number of aliphatic imine (C=N–C) groups is 1. The van der Waals surface area contributed by atoms with Gasteiger partial charge in [0.1, 0.15) is 0 Å².